The molecule has 1 heterocycles. The zero-order valence-electron chi connectivity index (χ0n) is 15.5. The molecule has 1 fully saturated rings. The maximum absolute atomic E-state index is 12.5. The second-order valence-corrected chi connectivity index (χ2v) is 8.72. The first-order valence-corrected chi connectivity index (χ1v) is 10.1. The van der Waals surface area contributed by atoms with Gasteiger partial charge in [-0.05, 0) is 37.1 Å². The second-order valence-electron chi connectivity index (χ2n) is 6.78. The summed E-state index contributed by atoms with van der Waals surface area (Å²) in [7, 11) is 1.67. The molecule has 0 aromatic heterocycles. The number of sulfonamides is 1. The van der Waals surface area contributed by atoms with Crippen molar-refractivity contribution in [1.82, 2.24) is 9.21 Å². The Hall–Kier alpha value is -1.97. The molecular formula is C17H27N4O4S+. The van der Waals surface area contributed by atoms with Gasteiger partial charge in [0.1, 0.15) is 0 Å². The van der Waals surface area contributed by atoms with Gasteiger partial charge in [-0.1, -0.05) is 0 Å². The number of hydrogen-bond donors (Lipinski definition) is 2. The number of carbonyl (C=O) groups excluding carboxylic acids is 2. The third kappa shape index (κ3) is 5.26. The number of amides is 2. The van der Waals surface area contributed by atoms with E-state index in [0.29, 0.717) is 18.8 Å². The van der Waals surface area contributed by atoms with Crippen LogP contribution in [0.4, 0.5) is 5.69 Å². The van der Waals surface area contributed by atoms with E-state index in [1.807, 2.05) is 0 Å². The van der Waals surface area contributed by atoms with Crippen molar-refractivity contribution in [2.24, 2.45) is 0 Å². The predicted molar refractivity (Wildman–Crippen MR) is 98.4 cm³/mol. The number of rotatable bonds is 7. The van der Waals surface area contributed by atoms with Gasteiger partial charge in [0.25, 0.3) is 11.8 Å². The Balaban J connectivity index is 1.92. The van der Waals surface area contributed by atoms with Crippen molar-refractivity contribution in [3.05, 3.63) is 24.3 Å². The van der Waals surface area contributed by atoms with E-state index >= 15 is 0 Å². The van der Waals surface area contributed by atoms with Crippen LogP contribution in [0.3, 0.4) is 0 Å². The molecule has 0 aliphatic carbocycles. The number of anilines is 1. The molecule has 1 saturated heterocycles. The molecule has 144 valence electrons. The van der Waals surface area contributed by atoms with Gasteiger partial charge in [-0.15, -0.1) is 0 Å². The van der Waals surface area contributed by atoms with Gasteiger partial charge in [0.05, 0.1) is 11.9 Å². The molecule has 1 atom stereocenters. The lowest BCUT2D eigenvalue weighted by atomic mass is 10.3. The molecule has 9 heteroatoms. The average Bonchev–Trinajstić information content (AvgIpc) is 3.10. The topological polar surface area (TPSA) is 91.2 Å². The Morgan fingerprint density at radius 1 is 1.12 bits per heavy atom. The van der Waals surface area contributed by atoms with E-state index in [-0.39, 0.29) is 29.8 Å². The van der Waals surface area contributed by atoms with Crippen molar-refractivity contribution in [3.8, 4) is 0 Å². The Kier molecular flexibility index (Phi) is 6.74. The van der Waals surface area contributed by atoms with Crippen LogP contribution in [-0.4, -0.2) is 76.8 Å². The monoisotopic (exact) mass is 383 g/mol. The van der Waals surface area contributed by atoms with E-state index in [9.17, 15) is 18.0 Å². The molecule has 0 spiro atoms. The van der Waals surface area contributed by atoms with Gasteiger partial charge in [0.15, 0.2) is 13.1 Å². The number of hydrogen-bond acceptors (Lipinski definition) is 4. The number of likely N-dealkylation sites (N-methyl/N-ethyl adjacent to an activating group) is 2. The fraction of sp³-hybridized carbons (Fsp3) is 0.529. The molecule has 0 radical (unpaired) electrons. The summed E-state index contributed by atoms with van der Waals surface area (Å²) in [5.74, 6) is -0.282. The molecule has 2 rings (SSSR count). The highest BCUT2D eigenvalue weighted by Gasteiger charge is 2.27. The number of nitrogens with one attached hydrogen (secondary N) is 2. The molecule has 0 bridgehead atoms. The standard InChI is InChI=1S/C17H26N4O4S/c1-19(2)17(23)13-20(3)12-16(22)18-14-6-8-15(9-7-14)26(24,25)21-10-4-5-11-21/h6-9H,4-5,10-13H2,1-3H3,(H,18,22)/p+1. The largest absolute Gasteiger partial charge is 0.344 e. The Morgan fingerprint density at radius 2 is 1.69 bits per heavy atom. The minimum absolute atomic E-state index is 0.0493. The van der Waals surface area contributed by atoms with Crippen LogP contribution in [0, 0.1) is 0 Å². The lowest BCUT2D eigenvalue weighted by Crippen LogP contribution is -3.11. The highest BCUT2D eigenvalue weighted by atomic mass is 32.2. The molecule has 26 heavy (non-hydrogen) atoms. The van der Waals surface area contributed by atoms with Gasteiger partial charge < -0.3 is 15.1 Å². The maximum Gasteiger partial charge on any atom is 0.279 e. The Morgan fingerprint density at radius 3 is 2.23 bits per heavy atom. The lowest BCUT2D eigenvalue weighted by molar-refractivity contribution is -0.862. The highest BCUT2D eigenvalue weighted by molar-refractivity contribution is 7.89. The summed E-state index contributed by atoms with van der Waals surface area (Å²) in [5, 5.41) is 2.73. The molecule has 2 N–H and O–H groups in total. The smallest absolute Gasteiger partial charge is 0.279 e. The van der Waals surface area contributed by atoms with Crippen LogP contribution >= 0.6 is 0 Å². The fourth-order valence-corrected chi connectivity index (χ4v) is 4.26. The van der Waals surface area contributed by atoms with Crippen LogP contribution in [0.25, 0.3) is 0 Å². The van der Waals surface area contributed by atoms with E-state index < -0.39 is 10.0 Å². The average molecular weight is 383 g/mol. The van der Waals surface area contributed by atoms with Crippen molar-refractivity contribution in [2.75, 3.05) is 52.6 Å². The van der Waals surface area contributed by atoms with Crippen LogP contribution in [0.15, 0.2) is 29.2 Å². The van der Waals surface area contributed by atoms with E-state index in [4.69, 9.17) is 0 Å². The molecule has 2 amide bonds. The molecule has 1 aliphatic rings. The number of benzene rings is 1. The summed E-state index contributed by atoms with van der Waals surface area (Å²) < 4.78 is 26.4. The van der Waals surface area contributed by atoms with Crippen LogP contribution in [0.1, 0.15) is 12.8 Å². The molecule has 8 nitrogen and oxygen atoms in total. The second kappa shape index (κ2) is 8.61. The Labute approximate surface area is 154 Å². The normalized spacial score (nSPS) is 16.3. The van der Waals surface area contributed by atoms with Crippen molar-refractivity contribution < 1.29 is 22.9 Å². The van der Waals surface area contributed by atoms with Crippen molar-refractivity contribution in [2.45, 2.75) is 17.7 Å². The first kappa shape index (κ1) is 20.3. The molecule has 1 aromatic carbocycles. The first-order valence-electron chi connectivity index (χ1n) is 8.61. The van der Waals surface area contributed by atoms with Crippen molar-refractivity contribution >= 4 is 27.5 Å². The first-order chi connectivity index (χ1) is 12.2. The molecule has 1 unspecified atom stereocenters. The van der Waals surface area contributed by atoms with Gasteiger partial charge in [-0.25, -0.2) is 8.42 Å². The summed E-state index contributed by atoms with van der Waals surface area (Å²) in [4.78, 5) is 26.2. The van der Waals surface area contributed by atoms with Crippen LogP contribution < -0.4 is 10.2 Å². The maximum atomic E-state index is 12.5. The van der Waals surface area contributed by atoms with Gasteiger partial charge in [0, 0.05) is 32.9 Å². The number of quaternary nitrogens is 1. The molecule has 1 aliphatic heterocycles. The zero-order valence-corrected chi connectivity index (χ0v) is 16.3. The summed E-state index contributed by atoms with van der Waals surface area (Å²) in [6.07, 6.45) is 1.78. The summed E-state index contributed by atoms with van der Waals surface area (Å²) in [5.41, 5.74) is 0.530. The quantitative estimate of drug-likeness (QED) is 0.633. The predicted octanol–water partition coefficient (Wildman–Crippen LogP) is -0.987. The third-order valence-corrected chi connectivity index (χ3v) is 6.17. The minimum atomic E-state index is -3.45. The Bertz CT molecular complexity index is 741. The third-order valence-electron chi connectivity index (χ3n) is 4.26. The van der Waals surface area contributed by atoms with Crippen LogP contribution in [-0.2, 0) is 19.6 Å². The summed E-state index contributed by atoms with van der Waals surface area (Å²) >= 11 is 0. The van der Waals surface area contributed by atoms with Crippen molar-refractivity contribution in [3.63, 3.8) is 0 Å². The highest BCUT2D eigenvalue weighted by Crippen LogP contribution is 2.22. The molecular weight excluding hydrogens is 356 g/mol. The van der Waals surface area contributed by atoms with E-state index in [1.165, 1.54) is 21.3 Å². The van der Waals surface area contributed by atoms with E-state index in [2.05, 4.69) is 5.32 Å². The SMILES string of the molecule is CN(C)C(=O)C[NH+](C)CC(=O)Nc1ccc(S(=O)(=O)N2CCCC2)cc1. The van der Waals surface area contributed by atoms with Gasteiger partial charge >= 0.3 is 0 Å². The van der Waals surface area contributed by atoms with Crippen LogP contribution in [0.2, 0.25) is 0 Å². The van der Waals surface area contributed by atoms with Crippen molar-refractivity contribution in [1.29, 1.82) is 0 Å². The minimum Gasteiger partial charge on any atom is -0.344 e. The number of nitrogens with zero attached hydrogens (tertiary/aromatic N) is 2. The lowest BCUT2D eigenvalue weighted by Gasteiger charge is -2.17. The summed E-state index contributed by atoms with van der Waals surface area (Å²) in [6, 6.07) is 6.19. The van der Waals surface area contributed by atoms with Gasteiger partial charge in [-0.2, -0.15) is 4.31 Å². The van der Waals surface area contributed by atoms with Crippen LogP contribution in [0.5, 0.6) is 0 Å². The zero-order chi connectivity index (χ0) is 19.3. The van der Waals surface area contributed by atoms with E-state index in [0.717, 1.165) is 17.7 Å². The fourth-order valence-electron chi connectivity index (χ4n) is 2.75. The van der Waals surface area contributed by atoms with Gasteiger partial charge in [-0.3, -0.25) is 9.59 Å². The number of carbonyl (C=O) groups is 2. The van der Waals surface area contributed by atoms with E-state index in [1.54, 1.807) is 33.3 Å². The molecule has 0 saturated carbocycles. The van der Waals surface area contributed by atoms with Gasteiger partial charge in [0.2, 0.25) is 10.0 Å². The molecule has 1 aromatic rings. The summed E-state index contributed by atoms with van der Waals surface area (Å²) in [6.45, 7) is 1.49.